The first-order valence-electron chi connectivity index (χ1n) is 13.6. The van der Waals surface area contributed by atoms with E-state index in [0.29, 0.717) is 34.3 Å². The van der Waals surface area contributed by atoms with Gasteiger partial charge in [0, 0.05) is 48.1 Å². The number of anilines is 1. The molecule has 0 fully saturated rings. The predicted octanol–water partition coefficient (Wildman–Crippen LogP) is 6.01. The summed E-state index contributed by atoms with van der Waals surface area (Å²) in [5.41, 5.74) is 2.83. The molecule has 0 aliphatic carbocycles. The first-order chi connectivity index (χ1) is 19.5. The maximum absolute atomic E-state index is 13.9. The van der Waals surface area contributed by atoms with E-state index in [4.69, 9.17) is 23.2 Å². The topological polar surface area (TPSA) is 86.8 Å². The molecule has 3 rings (SSSR count). The van der Waals surface area contributed by atoms with Crippen molar-refractivity contribution >= 4 is 50.7 Å². The molecule has 41 heavy (non-hydrogen) atoms. The highest BCUT2D eigenvalue weighted by molar-refractivity contribution is 7.92. The predicted molar refractivity (Wildman–Crippen MR) is 167 cm³/mol. The number of benzene rings is 3. The summed E-state index contributed by atoms with van der Waals surface area (Å²) in [7, 11) is -3.59. The lowest BCUT2D eigenvalue weighted by atomic mass is 10.0. The lowest BCUT2D eigenvalue weighted by Crippen LogP contribution is -2.50. The average Bonchev–Trinajstić information content (AvgIpc) is 2.93. The molecule has 0 saturated carbocycles. The van der Waals surface area contributed by atoms with Crippen LogP contribution in [0.1, 0.15) is 42.9 Å². The number of aryl methyl sites for hydroxylation is 1. The fourth-order valence-corrected chi connectivity index (χ4v) is 6.14. The molecule has 0 saturated heterocycles. The number of para-hydroxylation sites is 1. The Morgan fingerprint density at radius 3 is 2.17 bits per heavy atom. The minimum absolute atomic E-state index is 0.0202. The minimum Gasteiger partial charge on any atom is -0.354 e. The van der Waals surface area contributed by atoms with Gasteiger partial charge in [0.1, 0.15) is 6.04 Å². The van der Waals surface area contributed by atoms with Gasteiger partial charge in [0.15, 0.2) is 0 Å². The number of nitrogens with zero attached hydrogens (tertiary/aromatic N) is 2. The average molecular weight is 619 g/mol. The van der Waals surface area contributed by atoms with E-state index in [2.05, 4.69) is 5.32 Å². The van der Waals surface area contributed by atoms with E-state index in [0.717, 1.165) is 23.8 Å². The summed E-state index contributed by atoms with van der Waals surface area (Å²) in [6.45, 7) is 4.42. The number of amides is 2. The number of nitrogens with one attached hydrogen (secondary N) is 1. The molecule has 1 atom stereocenters. The lowest BCUT2D eigenvalue weighted by molar-refractivity contribution is -0.141. The van der Waals surface area contributed by atoms with Crippen LogP contribution in [0, 0.1) is 6.92 Å². The molecule has 3 aromatic rings. The fourth-order valence-electron chi connectivity index (χ4n) is 4.60. The summed E-state index contributed by atoms with van der Waals surface area (Å²) in [6, 6.07) is 21.0. The summed E-state index contributed by atoms with van der Waals surface area (Å²) >= 11 is 13.0. The summed E-state index contributed by atoms with van der Waals surface area (Å²) < 4.78 is 26.6. The molecular weight excluding hydrogens is 581 g/mol. The van der Waals surface area contributed by atoms with Crippen LogP contribution >= 0.6 is 23.2 Å². The van der Waals surface area contributed by atoms with Gasteiger partial charge >= 0.3 is 0 Å². The van der Waals surface area contributed by atoms with Gasteiger partial charge in [-0.2, -0.15) is 0 Å². The van der Waals surface area contributed by atoms with Gasteiger partial charge in [0.2, 0.25) is 21.8 Å². The third kappa shape index (κ3) is 9.21. The summed E-state index contributed by atoms with van der Waals surface area (Å²) in [5, 5.41) is 3.73. The first-order valence-corrected chi connectivity index (χ1v) is 16.2. The molecule has 3 aromatic carbocycles. The molecule has 220 valence electrons. The van der Waals surface area contributed by atoms with Crippen LogP contribution in [0.15, 0.2) is 72.8 Å². The molecule has 0 bridgehead atoms. The van der Waals surface area contributed by atoms with E-state index in [1.807, 2.05) is 56.3 Å². The zero-order valence-electron chi connectivity index (χ0n) is 23.6. The summed E-state index contributed by atoms with van der Waals surface area (Å²) in [6.07, 6.45) is 2.46. The van der Waals surface area contributed by atoms with Crippen LogP contribution in [0.3, 0.4) is 0 Å². The Balaban J connectivity index is 1.92. The maximum Gasteiger partial charge on any atom is 0.243 e. The van der Waals surface area contributed by atoms with Gasteiger partial charge in [-0.05, 0) is 49.1 Å². The van der Waals surface area contributed by atoms with Crippen molar-refractivity contribution in [2.75, 3.05) is 23.7 Å². The normalized spacial score (nSPS) is 12.0. The second-order valence-corrected chi connectivity index (χ2v) is 12.7. The van der Waals surface area contributed by atoms with Crippen LogP contribution in [-0.2, 0) is 32.6 Å². The molecule has 0 aliphatic rings. The van der Waals surface area contributed by atoms with Crippen LogP contribution in [-0.4, -0.2) is 50.5 Å². The molecule has 1 N–H and O–H groups in total. The molecule has 2 amide bonds. The molecule has 0 heterocycles. The fraction of sp³-hybridized carbons (Fsp3) is 0.355. The third-order valence-electron chi connectivity index (χ3n) is 6.75. The van der Waals surface area contributed by atoms with Gasteiger partial charge in [0.25, 0.3) is 0 Å². The van der Waals surface area contributed by atoms with Crippen LogP contribution < -0.4 is 9.62 Å². The van der Waals surface area contributed by atoms with Gasteiger partial charge in [-0.1, -0.05) is 84.7 Å². The third-order valence-corrected chi connectivity index (χ3v) is 8.63. The van der Waals surface area contributed by atoms with Crippen LogP contribution in [0.25, 0.3) is 0 Å². The molecule has 7 nitrogen and oxygen atoms in total. The number of carbonyl (C=O) groups excluding carboxylic acids is 2. The molecule has 0 aliphatic heterocycles. The van der Waals surface area contributed by atoms with Gasteiger partial charge in [-0.25, -0.2) is 8.42 Å². The highest BCUT2D eigenvalue weighted by atomic mass is 35.5. The monoisotopic (exact) mass is 617 g/mol. The Labute approximate surface area is 253 Å². The second-order valence-electron chi connectivity index (χ2n) is 9.94. The first kappa shape index (κ1) is 32.4. The van der Waals surface area contributed by atoms with Crippen molar-refractivity contribution in [1.82, 2.24) is 10.2 Å². The van der Waals surface area contributed by atoms with E-state index < -0.39 is 16.1 Å². The van der Waals surface area contributed by atoms with Crippen molar-refractivity contribution in [2.24, 2.45) is 0 Å². The standard InChI is InChI=1S/C31H37Cl2N3O4S/c1-4-19-34-31(38)29(21-24-13-6-5-7-14-24)35(22-25-26(32)15-10-16-27(25)33)30(37)18-11-20-36(41(3,39)40)28-17-9-8-12-23(28)2/h5-10,12-17,29H,4,11,18-22H2,1-3H3,(H,34,38). The van der Waals surface area contributed by atoms with E-state index in [9.17, 15) is 18.0 Å². The van der Waals surface area contributed by atoms with E-state index in [1.165, 1.54) is 9.21 Å². The van der Waals surface area contributed by atoms with Crippen LogP contribution in [0.5, 0.6) is 0 Å². The van der Waals surface area contributed by atoms with Gasteiger partial charge in [-0.3, -0.25) is 13.9 Å². The molecule has 0 radical (unpaired) electrons. The molecule has 1 unspecified atom stereocenters. The molecule has 0 spiro atoms. The van der Waals surface area contributed by atoms with Crippen molar-refractivity contribution in [1.29, 1.82) is 0 Å². The molecule has 0 aromatic heterocycles. The Morgan fingerprint density at radius 2 is 1.56 bits per heavy atom. The van der Waals surface area contributed by atoms with E-state index in [1.54, 1.807) is 30.3 Å². The van der Waals surface area contributed by atoms with Gasteiger partial charge in [0.05, 0.1) is 11.9 Å². The van der Waals surface area contributed by atoms with Crippen molar-refractivity contribution < 1.29 is 18.0 Å². The van der Waals surface area contributed by atoms with Gasteiger partial charge < -0.3 is 10.2 Å². The van der Waals surface area contributed by atoms with Crippen LogP contribution in [0.4, 0.5) is 5.69 Å². The number of sulfonamides is 1. The number of rotatable bonds is 14. The quantitative estimate of drug-likeness (QED) is 0.240. The minimum atomic E-state index is -3.59. The number of hydrogen-bond acceptors (Lipinski definition) is 4. The van der Waals surface area contributed by atoms with Crippen molar-refractivity contribution in [3.8, 4) is 0 Å². The lowest BCUT2D eigenvalue weighted by Gasteiger charge is -2.32. The van der Waals surface area contributed by atoms with Crippen molar-refractivity contribution in [3.05, 3.63) is 99.5 Å². The second kappa shape index (κ2) is 15.2. The Kier molecular flexibility index (Phi) is 12.1. The Bertz CT molecular complexity index is 1410. The molecular formula is C31H37Cl2N3O4S. The van der Waals surface area contributed by atoms with Crippen molar-refractivity contribution in [3.63, 3.8) is 0 Å². The Hall–Kier alpha value is -3.07. The maximum atomic E-state index is 13.9. The highest BCUT2D eigenvalue weighted by Crippen LogP contribution is 2.28. The van der Waals surface area contributed by atoms with Crippen LogP contribution in [0.2, 0.25) is 10.0 Å². The number of hydrogen-bond donors (Lipinski definition) is 1. The van der Waals surface area contributed by atoms with Gasteiger partial charge in [-0.15, -0.1) is 0 Å². The summed E-state index contributed by atoms with van der Waals surface area (Å²) in [4.78, 5) is 28.9. The number of carbonyl (C=O) groups is 2. The van der Waals surface area contributed by atoms with E-state index in [-0.39, 0.29) is 37.7 Å². The highest BCUT2D eigenvalue weighted by Gasteiger charge is 2.31. The zero-order chi connectivity index (χ0) is 30.0. The SMILES string of the molecule is CCCNC(=O)C(Cc1ccccc1)N(Cc1c(Cl)cccc1Cl)C(=O)CCCN(c1ccccc1C)S(C)(=O)=O. The number of halogens is 2. The molecule has 10 heteroatoms. The van der Waals surface area contributed by atoms with Crippen molar-refractivity contribution in [2.45, 2.75) is 52.1 Å². The summed E-state index contributed by atoms with van der Waals surface area (Å²) in [5.74, 6) is -0.572. The zero-order valence-corrected chi connectivity index (χ0v) is 26.0. The largest absolute Gasteiger partial charge is 0.354 e. The van der Waals surface area contributed by atoms with E-state index >= 15 is 0 Å². The Morgan fingerprint density at radius 1 is 0.927 bits per heavy atom. The smallest absolute Gasteiger partial charge is 0.243 e.